The Morgan fingerprint density at radius 1 is 1.14 bits per heavy atom. The summed E-state index contributed by atoms with van der Waals surface area (Å²) in [5, 5.41) is 11.0. The van der Waals surface area contributed by atoms with Crippen molar-refractivity contribution in [2.45, 2.75) is 34.0 Å². The van der Waals surface area contributed by atoms with E-state index < -0.39 is 11.9 Å². The molecule has 0 bridgehead atoms. The highest BCUT2D eigenvalue weighted by Gasteiger charge is 2.20. The molecule has 1 aromatic carbocycles. The third-order valence-electron chi connectivity index (χ3n) is 4.27. The number of rotatable bonds is 7. The lowest BCUT2D eigenvalue weighted by molar-refractivity contribution is 0.0594. The van der Waals surface area contributed by atoms with Crippen molar-refractivity contribution in [2.24, 2.45) is 0 Å². The van der Waals surface area contributed by atoms with Crippen LogP contribution in [-0.2, 0) is 18.0 Å². The summed E-state index contributed by atoms with van der Waals surface area (Å²) in [6, 6.07) is 7.48. The highest BCUT2D eigenvalue weighted by atomic mass is 16.5. The van der Waals surface area contributed by atoms with Gasteiger partial charge in [0.1, 0.15) is 5.75 Å². The maximum atomic E-state index is 12.5. The average molecular weight is 397 g/mol. The van der Waals surface area contributed by atoms with Gasteiger partial charge in [-0.05, 0) is 38.5 Å². The molecular weight excluding hydrogens is 374 g/mol. The van der Waals surface area contributed by atoms with E-state index in [2.05, 4.69) is 15.5 Å². The number of carbonyl (C=O) groups excluding carboxylic acids is 2. The number of methoxy groups -OCH3 is 1. The summed E-state index contributed by atoms with van der Waals surface area (Å²) in [7, 11) is 1.26. The molecule has 0 fully saturated rings. The summed E-state index contributed by atoms with van der Waals surface area (Å²) in [6.45, 7) is 6.57. The third-order valence-corrected chi connectivity index (χ3v) is 4.27. The number of ether oxygens (including phenoxy) is 2. The number of aromatic nitrogens is 4. The second kappa shape index (κ2) is 8.59. The van der Waals surface area contributed by atoms with Crippen LogP contribution in [0.5, 0.6) is 5.75 Å². The van der Waals surface area contributed by atoms with Crippen molar-refractivity contribution in [1.82, 2.24) is 19.6 Å². The van der Waals surface area contributed by atoms with Gasteiger partial charge in [0.15, 0.2) is 18.1 Å². The Morgan fingerprint density at radius 2 is 1.93 bits per heavy atom. The van der Waals surface area contributed by atoms with Crippen LogP contribution >= 0.6 is 0 Å². The van der Waals surface area contributed by atoms with Crippen molar-refractivity contribution in [3.63, 3.8) is 0 Å². The third kappa shape index (κ3) is 4.63. The molecule has 9 heteroatoms. The Hall–Kier alpha value is -3.62. The van der Waals surface area contributed by atoms with E-state index in [0.717, 1.165) is 16.9 Å². The van der Waals surface area contributed by atoms with E-state index in [1.165, 1.54) is 16.5 Å². The minimum Gasteiger partial charge on any atom is -0.471 e. The molecule has 2 heterocycles. The molecule has 29 heavy (non-hydrogen) atoms. The lowest BCUT2D eigenvalue weighted by Gasteiger charge is -2.09. The fraction of sp³-hybridized carbons (Fsp3) is 0.300. The monoisotopic (exact) mass is 397 g/mol. The van der Waals surface area contributed by atoms with Crippen molar-refractivity contribution in [3.05, 3.63) is 59.2 Å². The van der Waals surface area contributed by atoms with Crippen molar-refractivity contribution >= 4 is 17.6 Å². The molecule has 152 valence electrons. The van der Waals surface area contributed by atoms with Gasteiger partial charge in [-0.2, -0.15) is 10.2 Å². The molecule has 1 N–H and O–H groups in total. The lowest BCUT2D eigenvalue weighted by Crippen LogP contribution is -2.16. The predicted molar refractivity (Wildman–Crippen MR) is 106 cm³/mol. The van der Waals surface area contributed by atoms with Gasteiger partial charge in [0, 0.05) is 18.9 Å². The van der Waals surface area contributed by atoms with E-state index in [1.807, 2.05) is 39.0 Å². The number of nitrogens with zero attached hydrogens (tertiary/aromatic N) is 4. The zero-order chi connectivity index (χ0) is 21.0. The summed E-state index contributed by atoms with van der Waals surface area (Å²) in [5.74, 6) is -0.331. The normalized spacial score (nSPS) is 10.6. The highest BCUT2D eigenvalue weighted by Crippen LogP contribution is 2.19. The first-order valence-electron chi connectivity index (χ1n) is 9.12. The molecule has 0 unspecified atom stereocenters. The van der Waals surface area contributed by atoms with Crippen LogP contribution in [0.25, 0.3) is 0 Å². The van der Waals surface area contributed by atoms with Crippen LogP contribution in [0.2, 0.25) is 0 Å². The summed E-state index contributed by atoms with van der Waals surface area (Å²) in [5.41, 5.74) is 2.68. The average Bonchev–Trinajstić information content (AvgIpc) is 3.33. The van der Waals surface area contributed by atoms with E-state index in [1.54, 1.807) is 18.5 Å². The summed E-state index contributed by atoms with van der Waals surface area (Å²) in [6.07, 6.45) is 3.22. The van der Waals surface area contributed by atoms with E-state index >= 15 is 0 Å². The minimum absolute atomic E-state index is 0.0420. The van der Waals surface area contributed by atoms with Crippen LogP contribution < -0.4 is 10.1 Å². The SMILES string of the molecule is CCn1cc(NC(=O)c2ccn(COc3ccc(C)cc3C)n2)c(C(=O)OC)n1. The predicted octanol–water partition coefficient (Wildman–Crippen LogP) is 2.79. The number of anilines is 1. The molecule has 0 saturated carbocycles. The molecule has 2 aromatic heterocycles. The van der Waals surface area contributed by atoms with E-state index in [-0.39, 0.29) is 23.8 Å². The molecule has 3 rings (SSSR count). The Morgan fingerprint density at radius 3 is 2.62 bits per heavy atom. The van der Waals surface area contributed by atoms with Crippen LogP contribution in [0.4, 0.5) is 5.69 Å². The molecular formula is C20H23N5O4. The topological polar surface area (TPSA) is 100 Å². The fourth-order valence-electron chi connectivity index (χ4n) is 2.76. The molecule has 0 atom stereocenters. The zero-order valence-electron chi connectivity index (χ0n) is 16.8. The van der Waals surface area contributed by atoms with Gasteiger partial charge in [0.05, 0.1) is 12.8 Å². The Labute approximate surface area is 168 Å². The maximum absolute atomic E-state index is 12.5. The maximum Gasteiger partial charge on any atom is 0.360 e. The number of hydrogen-bond acceptors (Lipinski definition) is 6. The lowest BCUT2D eigenvalue weighted by atomic mass is 10.1. The molecule has 9 nitrogen and oxygen atoms in total. The molecule has 0 aliphatic heterocycles. The number of hydrogen-bond donors (Lipinski definition) is 1. The summed E-state index contributed by atoms with van der Waals surface area (Å²) in [4.78, 5) is 24.4. The van der Waals surface area contributed by atoms with Gasteiger partial charge in [0.2, 0.25) is 0 Å². The van der Waals surface area contributed by atoms with Crippen molar-refractivity contribution in [1.29, 1.82) is 0 Å². The first-order valence-corrected chi connectivity index (χ1v) is 9.12. The largest absolute Gasteiger partial charge is 0.471 e. The van der Waals surface area contributed by atoms with Crippen LogP contribution in [0.3, 0.4) is 0 Å². The van der Waals surface area contributed by atoms with Gasteiger partial charge >= 0.3 is 5.97 Å². The smallest absolute Gasteiger partial charge is 0.360 e. The number of esters is 1. The van der Waals surface area contributed by atoms with Gasteiger partial charge < -0.3 is 14.8 Å². The molecule has 3 aromatic rings. The highest BCUT2D eigenvalue weighted by molar-refractivity contribution is 6.06. The van der Waals surface area contributed by atoms with Crippen molar-refractivity contribution in [3.8, 4) is 5.75 Å². The number of benzene rings is 1. The van der Waals surface area contributed by atoms with Crippen molar-refractivity contribution < 1.29 is 19.1 Å². The number of amides is 1. The minimum atomic E-state index is -0.625. The number of aryl methyl sites for hydroxylation is 3. The van der Waals surface area contributed by atoms with Crippen LogP contribution in [0.15, 0.2) is 36.7 Å². The van der Waals surface area contributed by atoms with Gasteiger partial charge in [-0.1, -0.05) is 17.7 Å². The van der Waals surface area contributed by atoms with Crippen LogP contribution in [0, 0.1) is 13.8 Å². The van der Waals surface area contributed by atoms with Gasteiger partial charge in [-0.3, -0.25) is 9.48 Å². The van der Waals surface area contributed by atoms with Gasteiger partial charge in [-0.25, -0.2) is 9.48 Å². The zero-order valence-corrected chi connectivity index (χ0v) is 16.8. The Balaban J connectivity index is 1.68. The molecule has 0 spiro atoms. The van der Waals surface area contributed by atoms with Gasteiger partial charge in [-0.15, -0.1) is 0 Å². The summed E-state index contributed by atoms with van der Waals surface area (Å²) >= 11 is 0. The first-order chi connectivity index (χ1) is 13.9. The summed E-state index contributed by atoms with van der Waals surface area (Å²) < 4.78 is 13.5. The molecule has 0 aliphatic rings. The molecule has 0 aliphatic carbocycles. The Bertz CT molecular complexity index is 1040. The van der Waals surface area contributed by atoms with E-state index in [9.17, 15) is 9.59 Å². The van der Waals surface area contributed by atoms with Crippen molar-refractivity contribution in [2.75, 3.05) is 12.4 Å². The van der Waals surface area contributed by atoms with Gasteiger partial charge in [0.25, 0.3) is 5.91 Å². The quantitative estimate of drug-likeness (QED) is 0.616. The second-order valence-corrected chi connectivity index (χ2v) is 6.48. The molecule has 0 radical (unpaired) electrons. The molecule has 0 saturated heterocycles. The van der Waals surface area contributed by atoms with E-state index in [4.69, 9.17) is 9.47 Å². The fourth-order valence-corrected chi connectivity index (χ4v) is 2.76. The standard InChI is InChI=1S/C20H23N5O4/c1-5-24-11-16(18(23-24)20(27)28-4)21-19(26)15-8-9-25(22-15)12-29-17-7-6-13(2)10-14(17)3/h6-11H,5,12H2,1-4H3,(H,21,26). The van der Waals surface area contributed by atoms with E-state index in [0.29, 0.717) is 6.54 Å². The number of carbonyl (C=O) groups is 2. The Kier molecular flexibility index (Phi) is 5.96. The van der Waals surface area contributed by atoms with Crippen LogP contribution in [0.1, 0.15) is 39.0 Å². The first kappa shape index (κ1) is 20.1. The molecule has 1 amide bonds. The number of nitrogens with one attached hydrogen (secondary N) is 1. The van der Waals surface area contributed by atoms with Crippen LogP contribution in [-0.4, -0.2) is 38.5 Å². The second-order valence-electron chi connectivity index (χ2n) is 6.48.